The maximum Gasteiger partial charge on any atom is 0.0432 e. The number of nitrogens with one attached hydrogen (secondary N) is 1. The van der Waals surface area contributed by atoms with Crippen LogP contribution >= 0.6 is 0 Å². The molecule has 1 aliphatic heterocycles. The van der Waals surface area contributed by atoms with Gasteiger partial charge in [0, 0.05) is 31.5 Å². The lowest BCUT2D eigenvalue weighted by Gasteiger charge is -2.32. The molecule has 1 heterocycles. The van der Waals surface area contributed by atoms with E-state index in [1.54, 1.807) is 0 Å². The van der Waals surface area contributed by atoms with E-state index in [-0.39, 0.29) is 0 Å². The van der Waals surface area contributed by atoms with E-state index < -0.39 is 0 Å². The van der Waals surface area contributed by atoms with Crippen LogP contribution in [0.1, 0.15) is 16.7 Å². The summed E-state index contributed by atoms with van der Waals surface area (Å²) in [5.41, 5.74) is 6.84. The van der Waals surface area contributed by atoms with E-state index in [4.69, 9.17) is 0 Å². The third-order valence-electron chi connectivity index (χ3n) is 3.96. The van der Waals surface area contributed by atoms with Crippen LogP contribution < -0.4 is 10.2 Å². The van der Waals surface area contributed by atoms with Crippen molar-refractivity contribution in [2.45, 2.75) is 19.9 Å². The summed E-state index contributed by atoms with van der Waals surface area (Å²) in [4.78, 5) is 2.48. The lowest BCUT2D eigenvalue weighted by molar-refractivity contribution is 0.729. The van der Waals surface area contributed by atoms with Gasteiger partial charge in [0.15, 0.2) is 0 Å². The number of fused-ring (bicyclic) bond motifs is 1. The first kappa shape index (κ1) is 12.1. The zero-order valence-corrected chi connectivity index (χ0v) is 11.6. The molecule has 0 spiro atoms. The van der Waals surface area contributed by atoms with Crippen molar-refractivity contribution in [3.8, 4) is 0 Å². The molecule has 0 fully saturated rings. The van der Waals surface area contributed by atoms with Gasteiger partial charge < -0.3 is 10.2 Å². The maximum absolute atomic E-state index is 3.20. The van der Waals surface area contributed by atoms with Crippen LogP contribution in [0, 0.1) is 6.92 Å². The predicted molar refractivity (Wildman–Crippen MR) is 81.9 cm³/mol. The smallest absolute Gasteiger partial charge is 0.0432 e. The van der Waals surface area contributed by atoms with Crippen molar-refractivity contribution in [3.63, 3.8) is 0 Å². The van der Waals surface area contributed by atoms with Crippen molar-refractivity contribution >= 4 is 11.4 Å². The van der Waals surface area contributed by atoms with E-state index in [1.807, 2.05) is 7.05 Å². The van der Waals surface area contributed by atoms with Crippen molar-refractivity contribution in [3.05, 3.63) is 59.2 Å². The molecule has 3 rings (SSSR count). The fraction of sp³-hybridized carbons (Fsp3) is 0.294. The Balaban J connectivity index is 1.89. The first-order valence-corrected chi connectivity index (χ1v) is 6.88. The molecule has 0 saturated heterocycles. The summed E-state index contributed by atoms with van der Waals surface area (Å²) in [6, 6.07) is 15.4. The van der Waals surface area contributed by atoms with Gasteiger partial charge in [0.05, 0.1) is 0 Å². The summed E-state index contributed by atoms with van der Waals surface area (Å²) in [6.45, 7) is 4.32. The van der Waals surface area contributed by atoms with E-state index in [9.17, 15) is 0 Å². The Bertz CT molecular complexity index is 590. The number of nitrogens with zero attached hydrogens (tertiary/aromatic N) is 1. The molecule has 0 atom stereocenters. The first-order chi connectivity index (χ1) is 9.28. The zero-order valence-electron chi connectivity index (χ0n) is 11.6. The molecule has 2 heteroatoms. The minimum Gasteiger partial charge on any atom is -0.388 e. The minimum atomic E-state index is 1.02. The number of hydrogen-bond acceptors (Lipinski definition) is 2. The summed E-state index contributed by atoms with van der Waals surface area (Å²) in [5, 5.41) is 3.20. The Morgan fingerprint density at radius 2 is 1.84 bits per heavy atom. The molecule has 1 N–H and O–H groups in total. The molecule has 0 aliphatic carbocycles. The Morgan fingerprint density at radius 3 is 2.58 bits per heavy atom. The van der Waals surface area contributed by atoms with Gasteiger partial charge >= 0.3 is 0 Å². The van der Waals surface area contributed by atoms with Crippen LogP contribution in [-0.2, 0) is 13.0 Å². The molecule has 0 bridgehead atoms. The van der Waals surface area contributed by atoms with Gasteiger partial charge in [-0.3, -0.25) is 0 Å². The van der Waals surface area contributed by atoms with Gasteiger partial charge in [0.2, 0.25) is 0 Å². The Hall–Kier alpha value is -1.96. The van der Waals surface area contributed by atoms with Crippen molar-refractivity contribution in [2.24, 2.45) is 0 Å². The highest BCUT2D eigenvalue weighted by atomic mass is 15.1. The van der Waals surface area contributed by atoms with E-state index >= 15 is 0 Å². The molecule has 2 aromatic carbocycles. The van der Waals surface area contributed by atoms with E-state index in [0.717, 1.165) is 19.5 Å². The van der Waals surface area contributed by atoms with Crippen LogP contribution in [0.4, 0.5) is 11.4 Å². The van der Waals surface area contributed by atoms with Crippen molar-refractivity contribution in [2.75, 3.05) is 23.8 Å². The molecular weight excluding hydrogens is 232 g/mol. The molecule has 1 aliphatic rings. The number of anilines is 2. The summed E-state index contributed by atoms with van der Waals surface area (Å²) in [5.74, 6) is 0. The molecule has 0 unspecified atom stereocenters. The first-order valence-electron chi connectivity index (χ1n) is 6.88. The topological polar surface area (TPSA) is 15.3 Å². The average molecular weight is 252 g/mol. The SMILES string of the molecule is CNc1ccc(N2CCc3ccccc3C2)c(C)c1. The van der Waals surface area contributed by atoms with E-state index in [2.05, 4.69) is 59.6 Å². The molecule has 2 aromatic rings. The predicted octanol–water partition coefficient (Wildman–Crippen LogP) is 3.60. The molecule has 0 amide bonds. The number of benzene rings is 2. The second-order valence-corrected chi connectivity index (χ2v) is 5.19. The standard InChI is InChI=1S/C17H20N2/c1-13-11-16(18-2)7-8-17(13)19-10-9-14-5-3-4-6-15(14)12-19/h3-8,11,18H,9-10,12H2,1-2H3. The monoisotopic (exact) mass is 252 g/mol. The highest BCUT2D eigenvalue weighted by Gasteiger charge is 2.17. The molecular formula is C17H20N2. The summed E-state index contributed by atoms with van der Waals surface area (Å²) < 4.78 is 0. The van der Waals surface area contributed by atoms with E-state index in [1.165, 1.54) is 28.1 Å². The fourth-order valence-corrected chi connectivity index (χ4v) is 2.87. The lowest BCUT2D eigenvalue weighted by atomic mass is 9.99. The lowest BCUT2D eigenvalue weighted by Crippen LogP contribution is -2.30. The van der Waals surface area contributed by atoms with Crippen molar-refractivity contribution in [1.29, 1.82) is 0 Å². The van der Waals surface area contributed by atoms with Gasteiger partial charge in [-0.25, -0.2) is 0 Å². The number of hydrogen-bond donors (Lipinski definition) is 1. The molecule has 0 aromatic heterocycles. The summed E-state index contributed by atoms with van der Waals surface area (Å²) in [7, 11) is 1.96. The summed E-state index contributed by atoms with van der Waals surface area (Å²) >= 11 is 0. The Labute approximate surface area is 115 Å². The molecule has 0 saturated carbocycles. The third kappa shape index (κ3) is 2.30. The van der Waals surface area contributed by atoms with Gasteiger partial charge in [-0.2, -0.15) is 0 Å². The second-order valence-electron chi connectivity index (χ2n) is 5.19. The van der Waals surface area contributed by atoms with Crippen molar-refractivity contribution in [1.82, 2.24) is 0 Å². The molecule has 0 radical (unpaired) electrons. The van der Waals surface area contributed by atoms with Crippen LogP contribution in [0.5, 0.6) is 0 Å². The van der Waals surface area contributed by atoms with Gasteiger partial charge in [0.25, 0.3) is 0 Å². The quantitative estimate of drug-likeness (QED) is 0.878. The zero-order chi connectivity index (χ0) is 13.2. The van der Waals surface area contributed by atoms with E-state index in [0.29, 0.717) is 0 Å². The minimum absolute atomic E-state index is 1.02. The van der Waals surface area contributed by atoms with Crippen LogP contribution in [0.3, 0.4) is 0 Å². The second kappa shape index (κ2) is 4.96. The normalized spacial score (nSPS) is 14.1. The van der Waals surface area contributed by atoms with Crippen LogP contribution in [-0.4, -0.2) is 13.6 Å². The molecule has 2 nitrogen and oxygen atoms in total. The molecule has 19 heavy (non-hydrogen) atoms. The fourth-order valence-electron chi connectivity index (χ4n) is 2.87. The summed E-state index contributed by atoms with van der Waals surface area (Å²) in [6.07, 6.45) is 1.14. The third-order valence-corrected chi connectivity index (χ3v) is 3.96. The van der Waals surface area contributed by atoms with Crippen LogP contribution in [0.25, 0.3) is 0 Å². The van der Waals surface area contributed by atoms with Crippen molar-refractivity contribution < 1.29 is 0 Å². The Morgan fingerprint density at radius 1 is 1.05 bits per heavy atom. The number of rotatable bonds is 2. The largest absolute Gasteiger partial charge is 0.388 e. The van der Waals surface area contributed by atoms with Gasteiger partial charge in [-0.1, -0.05) is 24.3 Å². The average Bonchev–Trinajstić information content (AvgIpc) is 2.46. The maximum atomic E-state index is 3.20. The highest BCUT2D eigenvalue weighted by Crippen LogP contribution is 2.28. The van der Waals surface area contributed by atoms with Crippen LogP contribution in [0.2, 0.25) is 0 Å². The number of aryl methyl sites for hydroxylation is 1. The van der Waals surface area contributed by atoms with Gasteiger partial charge in [-0.05, 0) is 48.2 Å². The molecule has 98 valence electrons. The van der Waals surface area contributed by atoms with Gasteiger partial charge in [-0.15, -0.1) is 0 Å². The van der Waals surface area contributed by atoms with Gasteiger partial charge in [0.1, 0.15) is 0 Å². The highest BCUT2D eigenvalue weighted by molar-refractivity contribution is 5.61. The van der Waals surface area contributed by atoms with Crippen LogP contribution in [0.15, 0.2) is 42.5 Å². The Kier molecular flexibility index (Phi) is 3.16.